The number of nitrogens with one attached hydrogen (secondary N) is 2. The van der Waals surface area contributed by atoms with Crippen LogP contribution in [-0.2, 0) is 13.0 Å². The molecular formula is C33H44N4O5. The lowest BCUT2D eigenvalue weighted by atomic mass is 10.0. The lowest BCUT2D eigenvalue weighted by molar-refractivity contribution is 0.0755. The maximum absolute atomic E-state index is 13.6. The van der Waals surface area contributed by atoms with E-state index in [1.165, 1.54) is 0 Å². The second-order valence-electron chi connectivity index (χ2n) is 10.4. The summed E-state index contributed by atoms with van der Waals surface area (Å²) in [5.41, 5.74) is 3.33. The standard InChI is InChI=1S/C33H44N4O5/c1-6-14-37(15-7-2)33(40)26-17-23(3)16-25(19-26)32(39)36-29(20-27-11-9-13-31(35-27)42-5)30(38)22-34-21-24-10-8-12-28(18-24)41-4/h8-13,16-19,29-30,34,38H,6-7,14-15,20-22H2,1-5H3,(H,36,39)/t29-,30+/m0/s1. The van der Waals surface area contributed by atoms with Gasteiger partial charge < -0.3 is 30.1 Å². The van der Waals surface area contributed by atoms with E-state index in [9.17, 15) is 14.7 Å². The van der Waals surface area contributed by atoms with Crippen LogP contribution < -0.4 is 20.1 Å². The summed E-state index contributed by atoms with van der Waals surface area (Å²) in [6, 6.07) is 17.6. The predicted molar refractivity (Wildman–Crippen MR) is 164 cm³/mol. The first-order valence-corrected chi connectivity index (χ1v) is 14.5. The van der Waals surface area contributed by atoms with Crippen LogP contribution in [0.25, 0.3) is 0 Å². The number of carbonyl (C=O) groups is 2. The van der Waals surface area contributed by atoms with Crippen molar-refractivity contribution >= 4 is 11.8 Å². The number of methoxy groups -OCH3 is 2. The van der Waals surface area contributed by atoms with Crippen molar-refractivity contribution in [2.45, 2.75) is 58.7 Å². The minimum atomic E-state index is -0.928. The number of pyridine rings is 1. The van der Waals surface area contributed by atoms with Crippen LogP contribution >= 0.6 is 0 Å². The van der Waals surface area contributed by atoms with E-state index in [-0.39, 0.29) is 24.8 Å². The van der Waals surface area contributed by atoms with Crippen LogP contribution in [0.3, 0.4) is 0 Å². The highest BCUT2D eigenvalue weighted by atomic mass is 16.5. The zero-order valence-electron chi connectivity index (χ0n) is 25.4. The zero-order chi connectivity index (χ0) is 30.5. The maximum Gasteiger partial charge on any atom is 0.253 e. The number of nitrogens with zero attached hydrogens (tertiary/aromatic N) is 2. The number of hydrogen-bond acceptors (Lipinski definition) is 7. The SMILES string of the molecule is CCCN(CCC)C(=O)c1cc(C)cc(C(=O)N[C@@H](Cc2cccc(OC)n2)[C@H](O)CNCc2cccc(OC)c2)c1. The number of benzene rings is 2. The average molecular weight is 577 g/mol. The van der Waals surface area contributed by atoms with Gasteiger partial charge in [0.1, 0.15) is 5.75 Å². The summed E-state index contributed by atoms with van der Waals surface area (Å²) >= 11 is 0. The maximum atomic E-state index is 13.6. The molecule has 3 N–H and O–H groups in total. The molecule has 42 heavy (non-hydrogen) atoms. The molecule has 3 aromatic rings. The normalized spacial score (nSPS) is 12.3. The number of amides is 2. The van der Waals surface area contributed by atoms with Gasteiger partial charge in [0, 0.05) is 55.5 Å². The van der Waals surface area contributed by atoms with Crippen LogP contribution in [0.4, 0.5) is 0 Å². The molecule has 0 fully saturated rings. The molecule has 2 atom stereocenters. The largest absolute Gasteiger partial charge is 0.497 e. The van der Waals surface area contributed by atoms with Crippen molar-refractivity contribution in [2.75, 3.05) is 33.9 Å². The van der Waals surface area contributed by atoms with Gasteiger partial charge in [-0.25, -0.2) is 4.98 Å². The van der Waals surface area contributed by atoms with Crippen LogP contribution in [0.15, 0.2) is 60.7 Å². The number of carbonyl (C=O) groups excluding carboxylic acids is 2. The van der Waals surface area contributed by atoms with Crippen LogP contribution in [0, 0.1) is 6.92 Å². The van der Waals surface area contributed by atoms with E-state index >= 15 is 0 Å². The third kappa shape index (κ3) is 9.56. The monoisotopic (exact) mass is 576 g/mol. The minimum Gasteiger partial charge on any atom is -0.497 e. The number of aromatic nitrogens is 1. The first kappa shape index (κ1) is 32.6. The van der Waals surface area contributed by atoms with Crippen LogP contribution in [0.2, 0.25) is 0 Å². The Morgan fingerprint density at radius 2 is 1.67 bits per heavy atom. The molecular weight excluding hydrogens is 532 g/mol. The van der Waals surface area contributed by atoms with Crippen LogP contribution in [0.1, 0.15) is 64.2 Å². The van der Waals surface area contributed by atoms with Crippen molar-refractivity contribution in [3.63, 3.8) is 0 Å². The van der Waals surface area contributed by atoms with Crippen molar-refractivity contribution in [1.29, 1.82) is 0 Å². The van der Waals surface area contributed by atoms with Crippen molar-refractivity contribution in [3.8, 4) is 11.6 Å². The van der Waals surface area contributed by atoms with Gasteiger partial charge in [0.2, 0.25) is 5.88 Å². The second-order valence-corrected chi connectivity index (χ2v) is 10.4. The fourth-order valence-corrected chi connectivity index (χ4v) is 4.81. The third-order valence-corrected chi connectivity index (χ3v) is 6.88. The Labute approximate surface area is 249 Å². The van der Waals surface area contributed by atoms with Gasteiger partial charge in [-0.15, -0.1) is 0 Å². The van der Waals surface area contributed by atoms with E-state index in [0.29, 0.717) is 42.3 Å². The predicted octanol–water partition coefficient (Wildman–Crippen LogP) is 4.16. The number of rotatable bonds is 16. The highest BCUT2D eigenvalue weighted by Crippen LogP contribution is 2.16. The minimum absolute atomic E-state index is 0.0876. The van der Waals surface area contributed by atoms with Gasteiger partial charge in [-0.05, 0) is 67.3 Å². The number of ether oxygens (including phenoxy) is 2. The molecule has 2 amide bonds. The number of aliphatic hydroxyl groups excluding tert-OH is 1. The molecule has 0 aliphatic heterocycles. The van der Waals surface area contributed by atoms with E-state index in [4.69, 9.17) is 9.47 Å². The Bertz CT molecular complexity index is 1310. The summed E-state index contributed by atoms with van der Waals surface area (Å²) in [5, 5.41) is 17.5. The molecule has 226 valence electrons. The molecule has 0 radical (unpaired) electrons. The van der Waals surface area contributed by atoms with Gasteiger partial charge >= 0.3 is 0 Å². The Balaban J connectivity index is 1.79. The van der Waals surface area contributed by atoms with Crippen molar-refractivity contribution in [1.82, 2.24) is 20.5 Å². The molecule has 0 aliphatic rings. The molecule has 0 spiro atoms. The van der Waals surface area contributed by atoms with Gasteiger partial charge in [0.05, 0.1) is 26.4 Å². The van der Waals surface area contributed by atoms with E-state index in [1.54, 1.807) is 32.4 Å². The summed E-state index contributed by atoms with van der Waals surface area (Å²) in [6.45, 7) is 8.01. The van der Waals surface area contributed by atoms with Crippen LogP contribution in [-0.4, -0.2) is 72.8 Å². The molecule has 0 unspecified atom stereocenters. The first-order chi connectivity index (χ1) is 20.3. The Kier molecular flexibility index (Phi) is 12.8. The molecule has 0 saturated carbocycles. The average Bonchev–Trinajstić information content (AvgIpc) is 3.00. The molecule has 1 heterocycles. The Morgan fingerprint density at radius 1 is 0.952 bits per heavy atom. The molecule has 2 aromatic carbocycles. The van der Waals surface area contributed by atoms with Gasteiger partial charge in [-0.1, -0.05) is 32.0 Å². The molecule has 3 rings (SSSR count). The Morgan fingerprint density at radius 3 is 2.36 bits per heavy atom. The third-order valence-electron chi connectivity index (χ3n) is 6.88. The van der Waals surface area contributed by atoms with E-state index < -0.39 is 12.1 Å². The zero-order valence-corrected chi connectivity index (χ0v) is 25.4. The van der Waals surface area contributed by atoms with Crippen molar-refractivity contribution in [2.24, 2.45) is 0 Å². The van der Waals surface area contributed by atoms with E-state index in [0.717, 1.165) is 29.7 Å². The summed E-state index contributed by atoms with van der Waals surface area (Å²) in [4.78, 5) is 33.1. The lowest BCUT2D eigenvalue weighted by Crippen LogP contribution is -2.48. The topological polar surface area (TPSA) is 113 Å². The van der Waals surface area contributed by atoms with Gasteiger partial charge in [0.25, 0.3) is 11.8 Å². The molecule has 0 saturated heterocycles. The molecule has 9 heteroatoms. The molecule has 0 bridgehead atoms. The fraction of sp³-hybridized carbons (Fsp3) is 0.424. The summed E-state index contributed by atoms with van der Waals surface area (Å²) in [5.74, 6) is 0.752. The fourth-order valence-electron chi connectivity index (χ4n) is 4.81. The molecule has 9 nitrogen and oxygen atoms in total. The number of aliphatic hydroxyl groups is 1. The number of aryl methyl sites for hydroxylation is 1. The van der Waals surface area contributed by atoms with Crippen molar-refractivity contribution in [3.05, 3.63) is 88.6 Å². The van der Waals surface area contributed by atoms with Gasteiger partial charge in [-0.3, -0.25) is 9.59 Å². The van der Waals surface area contributed by atoms with E-state index in [1.807, 2.05) is 68.1 Å². The van der Waals surface area contributed by atoms with E-state index in [2.05, 4.69) is 15.6 Å². The van der Waals surface area contributed by atoms with Crippen molar-refractivity contribution < 1.29 is 24.2 Å². The summed E-state index contributed by atoms with van der Waals surface area (Å²) < 4.78 is 10.6. The highest BCUT2D eigenvalue weighted by Gasteiger charge is 2.24. The highest BCUT2D eigenvalue weighted by molar-refractivity contribution is 6.00. The first-order valence-electron chi connectivity index (χ1n) is 14.5. The smallest absolute Gasteiger partial charge is 0.253 e. The lowest BCUT2D eigenvalue weighted by Gasteiger charge is -2.25. The molecule has 0 aliphatic carbocycles. The van der Waals surface area contributed by atoms with Crippen LogP contribution in [0.5, 0.6) is 11.6 Å². The summed E-state index contributed by atoms with van der Waals surface area (Å²) in [6.07, 6.45) is 1.06. The summed E-state index contributed by atoms with van der Waals surface area (Å²) in [7, 11) is 3.16. The quantitative estimate of drug-likeness (QED) is 0.235. The van der Waals surface area contributed by atoms with Gasteiger partial charge in [0.15, 0.2) is 0 Å². The molecule has 1 aromatic heterocycles. The number of hydrogen-bond donors (Lipinski definition) is 3. The second kappa shape index (κ2) is 16.5. The van der Waals surface area contributed by atoms with Gasteiger partial charge in [-0.2, -0.15) is 0 Å². The Hall–Kier alpha value is -3.95.